The van der Waals surface area contributed by atoms with Crippen LogP contribution < -0.4 is 9.80 Å². The van der Waals surface area contributed by atoms with Crippen molar-refractivity contribution >= 4 is 11.4 Å². The van der Waals surface area contributed by atoms with E-state index in [-0.39, 0.29) is 0 Å². The number of hydrogen-bond acceptors (Lipinski definition) is 4. The van der Waals surface area contributed by atoms with E-state index in [1.165, 1.54) is 11.4 Å². The van der Waals surface area contributed by atoms with Crippen LogP contribution in [-0.2, 0) is 7.05 Å². The Hall–Kier alpha value is -2.82. The molecule has 1 heterocycles. The van der Waals surface area contributed by atoms with Crippen LogP contribution in [0.2, 0.25) is 0 Å². The normalized spacial score (nSPS) is 10.7. The Morgan fingerprint density at radius 3 is 1.25 bits per heavy atom. The molecule has 0 aliphatic heterocycles. The van der Waals surface area contributed by atoms with Crippen molar-refractivity contribution in [2.24, 2.45) is 7.05 Å². The lowest BCUT2D eigenvalue weighted by Gasteiger charge is -2.13. The van der Waals surface area contributed by atoms with Crippen molar-refractivity contribution < 1.29 is 0 Å². The standard InChI is InChI=1S/C19H23N5/c1-22(2)16-10-6-14(7-11-16)18-20-21-19(24(18)5)15-8-12-17(13-9-15)23(3)4/h6-13H,1-5H3. The Morgan fingerprint density at radius 1 is 0.625 bits per heavy atom. The molecule has 0 spiro atoms. The van der Waals surface area contributed by atoms with Crippen molar-refractivity contribution in [1.29, 1.82) is 0 Å². The number of benzene rings is 2. The second-order valence-corrected chi connectivity index (χ2v) is 6.29. The van der Waals surface area contributed by atoms with Gasteiger partial charge >= 0.3 is 0 Å². The predicted molar refractivity (Wildman–Crippen MR) is 101 cm³/mol. The van der Waals surface area contributed by atoms with Gasteiger partial charge in [0.2, 0.25) is 0 Å². The fraction of sp³-hybridized carbons (Fsp3) is 0.263. The Balaban J connectivity index is 1.93. The summed E-state index contributed by atoms with van der Waals surface area (Å²) in [5.41, 5.74) is 4.46. The van der Waals surface area contributed by atoms with Gasteiger partial charge in [0.25, 0.3) is 0 Å². The third kappa shape index (κ3) is 2.97. The molecule has 0 atom stereocenters. The molecule has 5 heteroatoms. The summed E-state index contributed by atoms with van der Waals surface area (Å²) in [5, 5.41) is 8.77. The molecule has 0 unspecified atom stereocenters. The van der Waals surface area contributed by atoms with E-state index in [0.29, 0.717) is 0 Å². The van der Waals surface area contributed by atoms with Crippen molar-refractivity contribution in [1.82, 2.24) is 14.8 Å². The zero-order valence-electron chi connectivity index (χ0n) is 14.9. The van der Waals surface area contributed by atoms with Crippen LogP contribution in [0.25, 0.3) is 22.8 Å². The smallest absolute Gasteiger partial charge is 0.163 e. The lowest BCUT2D eigenvalue weighted by atomic mass is 10.1. The van der Waals surface area contributed by atoms with Crippen LogP contribution in [0, 0.1) is 0 Å². The van der Waals surface area contributed by atoms with Crippen molar-refractivity contribution in [2.45, 2.75) is 0 Å². The summed E-state index contributed by atoms with van der Waals surface area (Å²) in [4.78, 5) is 4.16. The van der Waals surface area contributed by atoms with Gasteiger partial charge in [-0.1, -0.05) is 0 Å². The Morgan fingerprint density at radius 2 is 0.958 bits per heavy atom. The van der Waals surface area contributed by atoms with Gasteiger partial charge in [0.1, 0.15) is 0 Å². The zero-order valence-corrected chi connectivity index (χ0v) is 14.9. The van der Waals surface area contributed by atoms with Crippen molar-refractivity contribution in [2.75, 3.05) is 38.0 Å². The molecular formula is C19H23N5. The highest BCUT2D eigenvalue weighted by Crippen LogP contribution is 2.26. The minimum atomic E-state index is 0.868. The summed E-state index contributed by atoms with van der Waals surface area (Å²) < 4.78 is 2.04. The van der Waals surface area contributed by atoms with E-state index in [1.807, 2.05) is 39.8 Å². The molecular weight excluding hydrogens is 298 g/mol. The van der Waals surface area contributed by atoms with Crippen molar-refractivity contribution in [3.63, 3.8) is 0 Å². The molecule has 0 bridgehead atoms. The highest BCUT2D eigenvalue weighted by molar-refractivity contribution is 5.66. The topological polar surface area (TPSA) is 37.2 Å². The van der Waals surface area contributed by atoms with Crippen LogP contribution >= 0.6 is 0 Å². The van der Waals surface area contributed by atoms with Crippen LogP contribution in [0.5, 0.6) is 0 Å². The molecule has 5 nitrogen and oxygen atoms in total. The molecule has 0 aliphatic carbocycles. The molecule has 1 aromatic heterocycles. The number of rotatable bonds is 4. The van der Waals surface area contributed by atoms with Crippen molar-refractivity contribution in [3.8, 4) is 22.8 Å². The first kappa shape index (κ1) is 16.1. The molecule has 124 valence electrons. The molecule has 0 fully saturated rings. The quantitative estimate of drug-likeness (QED) is 0.739. The monoisotopic (exact) mass is 321 g/mol. The molecule has 0 aliphatic rings. The third-order valence-corrected chi connectivity index (χ3v) is 4.16. The summed E-state index contributed by atoms with van der Waals surface area (Å²) in [6.45, 7) is 0. The first-order valence-electron chi connectivity index (χ1n) is 7.92. The Labute approximate surface area is 143 Å². The molecule has 0 N–H and O–H groups in total. The number of hydrogen-bond donors (Lipinski definition) is 0. The number of nitrogens with zero attached hydrogens (tertiary/aromatic N) is 5. The SMILES string of the molecule is CN(C)c1ccc(-c2nnc(-c3ccc(N(C)C)cc3)n2C)cc1. The van der Waals surface area contributed by atoms with Crippen molar-refractivity contribution in [3.05, 3.63) is 48.5 Å². The second-order valence-electron chi connectivity index (χ2n) is 6.29. The largest absolute Gasteiger partial charge is 0.378 e. The summed E-state index contributed by atoms with van der Waals surface area (Å²) in [6.07, 6.45) is 0. The lowest BCUT2D eigenvalue weighted by Crippen LogP contribution is -2.08. The molecule has 0 saturated carbocycles. The maximum Gasteiger partial charge on any atom is 0.163 e. The van der Waals surface area contributed by atoms with E-state index in [0.717, 1.165) is 22.8 Å². The fourth-order valence-corrected chi connectivity index (χ4v) is 2.65. The van der Waals surface area contributed by atoms with E-state index in [1.54, 1.807) is 0 Å². The van der Waals surface area contributed by atoms with E-state index < -0.39 is 0 Å². The fourth-order valence-electron chi connectivity index (χ4n) is 2.65. The average Bonchev–Trinajstić information content (AvgIpc) is 2.96. The van der Waals surface area contributed by atoms with Gasteiger partial charge in [0.05, 0.1) is 0 Å². The summed E-state index contributed by atoms with van der Waals surface area (Å²) in [5.74, 6) is 1.74. The maximum atomic E-state index is 4.38. The molecule has 2 aromatic carbocycles. The van der Waals surface area contributed by atoms with Crippen LogP contribution in [0.15, 0.2) is 48.5 Å². The van der Waals surface area contributed by atoms with Gasteiger partial charge in [-0.15, -0.1) is 10.2 Å². The Bertz CT molecular complexity index is 745. The molecule has 0 radical (unpaired) electrons. The van der Waals surface area contributed by atoms with Gasteiger partial charge in [0.15, 0.2) is 11.6 Å². The third-order valence-electron chi connectivity index (χ3n) is 4.16. The van der Waals surface area contributed by atoms with E-state index >= 15 is 0 Å². The van der Waals surface area contributed by atoms with Gasteiger partial charge in [-0.05, 0) is 48.5 Å². The first-order valence-corrected chi connectivity index (χ1v) is 7.92. The van der Waals surface area contributed by atoms with Gasteiger partial charge in [-0.25, -0.2) is 0 Å². The summed E-state index contributed by atoms with van der Waals surface area (Å²) in [6, 6.07) is 16.7. The van der Waals surface area contributed by atoms with Gasteiger partial charge in [-0.3, -0.25) is 0 Å². The average molecular weight is 321 g/mol. The Kier molecular flexibility index (Phi) is 4.25. The minimum absolute atomic E-state index is 0.868. The number of anilines is 2. The number of aromatic nitrogens is 3. The highest BCUT2D eigenvalue weighted by Gasteiger charge is 2.12. The van der Waals surface area contributed by atoms with Gasteiger partial charge in [0, 0.05) is 57.7 Å². The van der Waals surface area contributed by atoms with Crippen LogP contribution in [0.3, 0.4) is 0 Å². The van der Waals surface area contributed by atoms with E-state index in [9.17, 15) is 0 Å². The van der Waals surface area contributed by atoms with E-state index in [2.05, 4.69) is 68.5 Å². The second kappa shape index (κ2) is 6.35. The van der Waals surface area contributed by atoms with Crippen LogP contribution in [0.1, 0.15) is 0 Å². The predicted octanol–water partition coefficient (Wildman–Crippen LogP) is 3.28. The van der Waals surface area contributed by atoms with Crippen LogP contribution in [0.4, 0.5) is 11.4 Å². The van der Waals surface area contributed by atoms with E-state index in [4.69, 9.17) is 0 Å². The zero-order chi connectivity index (χ0) is 17.3. The first-order chi connectivity index (χ1) is 11.5. The summed E-state index contributed by atoms with van der Waals surface area (Å²) >= 11 is 0. The highest BCUT2D eigenvalue weighted by atomic mass is 15.3. The molecule has 0 amide bonds. The summed E-state index contributed by atoms with van der Waals surface area (Å²) in [7, 11) is 10.1. The molecule has 3 aromatic rings. The van der Waals surface area contributed by atoms with Gasteiger partial charge < -0.3 is 14.4 Å². The van der Waals surface area contributed by atoms with Crippen LogP contribution in [-0.4, -0.2) is 43.0 Å². The lowest BCUT2D eigenvalue weighted by molar-refractivity contribution is 0.929. The molecule has 3 rings (SSSR count). The molecule has 0 saturated heterocycles. The minimum Gasteiger partial charge on any atom is -0.378 e. The maximum absolute atomic E-state index is 4.38. The van der Waals surface area contributed by atoms with Gasteiger partial charge in [-0.2, -0.15) is 0 Å². The molecule has 24 heavy (non-hydrogen) atoms.